The zero-order chi connectivity index (χ0) is 13.1. The van der Waals surface area contributed by atoms with Crippen LogP contribution in [0, 0.1) is 0 Å². The van der Waals surface area contributed by atoms with Gasteiger partial charge in [0.1, 0.15) is 18.0 Å². The Bertz CT molecular complexity index is 589. The van der Waals surface area contributed by atoms with Crippen LogP contribution in [0.15, 0.2) is 53.5 Å². The van der Waals surface area contributed by atoms with Gasteiger partial charge in [0, 0.05) is 12.1 Å². The number of hydrogen-bond donors (Lipinski definition) is 0. The minimum absolute atomic E-state index is 0.440. The zero-order valence-corrected chi connectivity index (χ0v) is 11.0. The molecular weight excluding hydrogens is 234 g/mol. The van der Waals surface area contributed by atoms with Crippen LogP contribution < -0.4 is 4.74 Å². The van der Waals surface area contributed by atoms with Crippen molar-refractivity contribution < 1.29 is 4.74 Å². The molecule has 0 aliphatic carbocycles. The van der Waals surface area contributed by atoms with Gasteiger partial charge in [0.05, 0.1) is 0 Å². The van der Waals surface area contributed by atoms with Crippen molar-refractivity contribution in [3.8, 4) is 5.75 Å². The van der Waals surface area contributed by atoms with E-state index in [2.05, 4.69) is 36.2 Å². The molecule has 2 heteroatoms. The average molecular weight is 251 g/mol. The molecule has 1 aliphatic heterocycles. The molecule has 1 unspecified atom stereocenters. The summed E-state index contributed by atoms with van der Waals surface area (Å²) in [5.74, 6) is 1.32. The molecule has 0 saturated heterocycles. The first kappa shape index (κ1) is 12.0. The third-order valence-corrected chi connectivity index (χ3v) is 3.49. The second-order valence-electron chi connectivity index (χ2n) is 4.76. The maximum atomic E-state index is 5.91. The van der Waals surface area contributed by atoms with Gasteiger partial charge in [0.15, 0.2) is 0 Å². The van der Waals surface area contributed by atoms with Crippen molar-refractivity contribution in [3.05, 3.63) is 59.7 Å². The van der Waals surface area contributed by atoms with Crippen molar-refractivity contribution in [2.45, 2.75) is 25.9 Å². The molecule has 0 saturated carbocycles. The summed E-state index contributed by atoms with van der Waals surface area (Å²) in [6.07, 6.45) is 3.11. The normalized spacial score (nSPS) is 16.4. The first-order chi connectivity index (χ1) is 9.38. The van der Waals surface area contributed by atoms with Crippen LogP contribution in [0.5, 0.6) is 5.75 Å². The van der Waals surface area contributed by atoms with Gasteiger partial charge >= 0.3 is 0 Å². The Kier molecular flexibility index (Phi) is 3.32. The van der Waals surface area contributed by atoms with Crippen molar-refractivity contribution in [2.75, 3.05) is 0 Å². The van der Waals surface area contributed by atoms with Crippen molar-refractivity contribution in [1.29, 1.82) is 0 Å². The van der Waals surface area contributed by atoms with Gasteiger partial charge < -0.3 is 4.74 Å². The van der Waals surface area contributed by atoms with Gasteiger partial charge in [-0.15, -0.1) is 0 Å². The molecule has 0 bridgehead atoms. The molecule has 1 aliphatic rings. The van der Waals surface area contributed by atoms with Gasteiger partial charge in [-0.3, -0.25) is 4.99 Å². The van der Waals surface area contributed by atoms with E-state index in [0.29, 0.717) is 12.5 Å². The molecule has 2 aromatic carbocycles. The third-order valence-electron chi connectivity index (χ3n) is 3.49. The molecule has 0 N–H and O–H groups in total. The van der Waals surface area contributed by atoms with Crippen molar-refractivity contribution >= 4 is 11.9 Å². The number of ether oxygens (including phenoxy) is 1. The molecular formula is C17H17NO. The summed E-state index contributed by atoms with van der Waals surface area (Å²) >= 11 is 0. The van der Waals surface area contributed by atoms with Gasteiger partial charge in [-0.1, -0.05) is 49.4 Å². The molecule has 0 radical (unpaired) electrons. The van der Waals surface area contributed by atoms with Crippen LogP contribution in [0.3, 0.4) is 0 Å². The molecule has 1 heterocycles. The smallest absolute Gasteiger partial charge is 0.145 e. The van der Waals surface area contributed by atoms with Crippen LogP contribution in [0.25, 0.3) is 0 Å². The fourth-order valence-corrected chi connectivity index (χ4v) is 2.40. The second-order valence-corrected chi connectivity index (χ2v) is 4.76. The summed E-state index contributed by atoms with van der Waals surface area (Å²) in [7, 11) is 0. The molecule has 0 amide bonds. The summed E-state index contributed by atoms with van der Waals surface area (Å²) in [5.41, 5.74) is 3.47. The van der Waals surface area contributed by atoms with E-state index in [1.807, 2.05) is 30.5 Å². The molecule has 19 heavy (non-hydrogen) atoms. The summed E-state index contributed by atoms with van der Waals surface area (Å²) < 4.78 is 5.91. The highest BCUT2D eigenvalue weighted by molar-refractivity contribution is 5.83. The number of para-hydroxylation sites is 1. The summed E-state index contributed by atoms with van der Waals surface area (Å²) in [5, 5.41) is 0. The number of aliphatic imine (C=N–C) groups is 1. The van der Waals surface area contributed by atoms with Crippen molar-refractivity contribution in [2.24, 2.45) is 4.99 Å². The SMILES string of the molecule is CCC1C=Nc2c(OCc3ccccc3)cccc21. The largest absolute Gasteiger partial charge is 0.487 e. The average Bonchev–Trinajstić information content (AvgIpc) is 2.90. The lowest BCUT2D eigenvalue weighted by Crippen LogP contribution is -1.97. The van der Waals surface area contributed by atoms with Gasteiger partial charge in [0.2, 0.25) is 0 Å². The Balaban J connectivity index is 1.80. The number of nitrogens with zero attached hydrogens (tertiary/aromatic N) is 1. The highest BCUT2D eigenvalue weighted by atomic mass is 16.5. The van der Waals surface area contributed by atoms with Crippen LogP contribution in [-0.4, -0.2) is 6.21 Å². The fraction of sp³-hybridized carbons (Fsp3) is 0.235. The molecule has 2 nitrogen and oxygen atoms in total. The molecule has 0 spiro atoms. The number of hydrogen-bond acceptors (Lipinski definition) is 2. The Morgan fingerprint density at radius 3 is 2.68 bits per heavy atom. The van der Waals surface area contributed by atoms with Crippen LogP contribution in [0.2, 0.25) is 0 Å². The first-order valence-electron chi connectivity index (χ1n) is 6.72. The van der Waals surface area contributed by atoms with E-state index in [0.717, 1.165) is 17.9 Å². The van der Waals surface area contributed by atoms with Gasteiger partial charge in [-0.25, -0.2) is 0 Å². The highest BCUT2D eigenvalue weighted by Crippen LogP contribution is 2.41. The molecule has 0 aromatic heterocycles. The van der Waals surface area contributed by atoms with Crippen LogP contribution >= 0.6 is 0 Å². The van der Waals surface area contributed by atoms with Crippen LogP contribution in [-0.2, 0) is 6.61 Å². The van der Waals surface area contributed by atoms with E-state index in [9.17, 15) is 0 Å². The van der Waals surface area contributed by atoms with Gasteiger partial charge in [-0.05, 0) is 23.6 Å². The third kappa shape index (κ3) is 2.39. The minimum atomic E-state index is 0.440. The number of benzene rings is 2. The summed E-state index contributed by atoms with van der Waals surface area (Å²) in [6.45, 7) is 2.77. The summed E-state index contributed by atoms with van der Waals surface area (Å²) in [6, 6.07) is 16.4. The van der Waals surface area contributed by atoms with E-state index < -0.39 is 0 Å². The molecule has 2 aromatic rings. The maximum Gasteiger partial charge on any atom is 0.145 e. The molecule has 0 fully saturated rings. The standard InChI is InChI=1S/C17H17NO/c1-2-14-11-18-17-15(14)9-6-10-16(17)19-12-13-7-4-3-5-8-13/h3-11,14H,2,12H2,1H3. The van der Waals surface area contributed by atoms with Crippen LogP contribution in [0.4, 0.5) is 5.69 Å². The van der Waals surface area contributed by atoms with E-state index >= 15 is 0 Å². The Hall–Kier alpha value is -2.09. The second kappa shape index (κ2) is 5.27. The Morgan fingerprint density at radius 2 is 1.89 bits per heavy atom. The van der Waals surface area contributed by atoms with E-state index in [-0.39, 0.29) is 0 Å². The van der Waals surface area contributed by atoms with E-state index in [1.54, 1.807) is 0 Å². The lowest BCUT2D eigenvalue weighted by Gasteiger charge is -2.11. The molecule has 96 valence electrons. The van der Waals surface area contributed by atoms with Crippen molar-refractivity contribution in [1.82, 2.24) is 0 Å². The maximum absolute atomic E-state index is 5.91. The summed E-state index contributed by atoms with van der Waals surface area (Å²) in [4.78, 5) is 4.51. The minimum Gasteiger partial charge on any atom is -0.487 e. The predicted octanol–water partition coefficient (Wildman–Crippen LogP) is 4.48. The molecule has 1 atom stereocenters. The lowest BCUT2D eigenvalue weighted by atomic mass is 9.98. The molecule has 3 rings (SSSR count). The Morgan fingerprint density at radius 1 is 1.05 bits per heavy atom. The number of rotatable bonds is 4. The fourth-order valence-electron chi connectivity index (χ4n) is 2.40. The predicted molar refractivity (Wildman–Crippen MR) is 78.4 cm³/mol. The van der Waals surface area contributed by atoms with Crippen LogP contribution in [0.1, 0.15) is 30.4 Å². The topological polar surface area (TPSA) is 21.6 Å². The highest BCUT2D eigenvalue weighted by Gasteiger charge is 2.20. The van der Waals surface area contributed by atoms with E-state index in [1.165, 1.54) is 11.1 Å². The lowest BCUT2D eigenvalue weighted by molar-refractivity contribution is 0.307. The quantitative estimate of drug-likeness (QED) is 0.785. The van der Waals surface area contributed by atoms with Gasteiger partial charge in [0.25, 0.3) is 0 Å². The number of fused-ring (bicyclic) bond motifs is 1. The monoisotopic (exact) mass is 251 g/mol. The van der Waals surface area contributed by atoms with E-state index in [4.69, 9.17) is 4.74 Å². The zero-order valence-electron chi connectivity index (χ0n) is 11.0. The first-order valence-corrected chi connectivity index (χ1v) is 6.72. The van der Waals surface area contributed by atoms with Crippen molar-refractivity contribution in [3.63, 3.8) is 0 Å². The Labute approximate surface area is 113 Å². The van der Waals surface area contributed by atoms with Gasteiger partial charge in [-0.2, -0.15) is 0 Å².